The van der Waals surface area contributed by atoms with Gasteiger partial charge in [-0.25, -0.2) is 4.98 Å². The van der Waals surface area contributed by atoms with Gasteiger partial charge in [0, 0.05) is 5.39 Å². The molecule has 0 bridgehead atoms. The van der Waals surface area contributed by atoms with Gasteiger partial charge in [0.05, 0.1) is 5.52 Å². The Kier molecular flexibility index (Phi) is 2.49. The van der Waals surface area contributed by atoms with Crippen LogP contribution in [-0.2, 0) is 10.2 Å². The third kappa shape index (κ3) is 2.14. The van der Waals surface area contributed by atoms with Crippen LogP contribution in [0.5, 0.6) is 5.75 Å². The minimum absolute atomic E-state index is 0.0558. The maximum Gasteiger partial charge on any atom is 0.263 e. The molecular weight excluding hydrogens is 240 g/mol. The molecule has 1 aromatic carbocycles. The monoisotopic (exact) mass is 256 g/mol. The Morgan fingerprint density at radius 2 is 2.05 bits per heavy atom. The number of fused-ring (bicyclic) bond motifs is 2. The van der Waals surface area contributed by atoms with Crippen LogP contribution >= 0.6 is 0 Å². The topological polar surface area (TPSA) is 51.2 Å². The number of benzene rings is 1. The molecule has 98 valence electrons. The summed E-state index contributed by atoms with van der Waals surface area (Å²) in [5, 5.41) is 3.75. The number of aromatic nitrogens is 1. The third-order valence-electron chi connectivity index (χ3n) is 3.27. The van der Waals surface area contributed by atoms with Crippen molar-refractivity contribution < 1.29 is 9.53 Å². The van der Waals surface area contributed by atoms with Gasteiger partial charge < -0.3 is 10.1 Å². The molecule has 1 aliphatic heterocycles. The molecule has 0 radical (unpaired) electrons. The van der Waals surface area contributed by atoms with Crippen LogP contribution in [0.25, 0.3) is 10.9 Å². The fourth-order valence-corrected chi connectivity index (χ4v) is 2.13. The number of anilines is 1. The van der Waals surface area contributed by atoms with E-state index in [1.165, 1.54) is 5.56 Å². The second-order valence-electron chi connectivity index (χ2n) is 5.83. The van der Waals surface area contributed by atoms with E-state index in [0.29, 0.717) is 11.6 Å². The van der Waals surface area contributed by atoms with Gasteiger partial charge in [-0.1, -0.05) is 32.9 Å². The first kappa shape index (κ1) is 12.0. The first-order chi connectivity index (χ1) is 8.93. The maximum absolute atomic E-state index is 11.3. The molecule has 0 aliphatic carbocycles. The highest BCUT2D eigenvalue weighted by molar-refractivity contribution is 5.96. The van der Waals surface area contributed by atoms with Crippen LogP contribution in [0.1, 0.15) is 26.3 Å². The number of nitrogens with zero attached hydrogens (tertiary/aromatic N) is 1. The third-order valence-corrected chi connectivity index (χ3v) is 3.27. The summed E-state index contributed by atoms with van der Waals surface area (Å²) in [6.07, 6.45) is 0. The highest BCUT2D eigenvalue weighted by Gasteiger charge is 2.19. The Balaban J connectivity index is 2.16. The van der Waals surface area contributed by atoms with E-state index in [4.69, 9.17) is 4.74 Å². The van der Waals surface area contributed by atoms with Gasteiger partial charge >= 0.3 is 0 Å². The average molecular weight is 256 g/mol. The van der Waals surface area contributed by atoms with Crippen molar-refractivity contribution in [3.8, 4) is 5.75 Å². The van der Waals surface area contributed by atoms with Crippen LogP contribution in [0.2, 0.25) is 0 Å². The van der Waals surface area contributed by atoms with Crippen molar-refractivity contribution in [3.05, 3.63) is 29.8 Å². The van der Waals surface area contributed by atoms with E-state index >= 15 is 0 Å². The summed E-state index contributed by atoms with van der Waals surface area (Å²) in [6.45, 7) is 6.55. The molecule has 1 aromatic heterocycles. The first-order valence-electron chi connectivity index (χ1n) is 6.31. The molecule has 0 saturated heterocycles. The van der Waals surface area contributed by atoms with Crippen molar-refractivity contribution in [3.63, 3.8) is 0 Å². The summed E-state index contributed by atoms with van der Waals surface area (Å²) in [5.41, 5.74) is 2.17. The summed E-state index contributed by atoms with van der Waals surface area (Å²) in [6, 6.07) is 8.14. The van der Waals surface area contributed by atoms with Crippen LogP contribution in [0.3, 0.4) is 0 Å². The van der Waals surface area contributed by atoms with Crippen molar-refractivity contribution >= 4 is 22.6 Å². The lowest BCUT2D eigenvalue weighted by Gasteiger charge is -2.21. The molecule has 0 spiro atoms. The van der Waals surface area contributed by atoms with Gasteiger partial charge in [-0.2, -0.15) is 0 Å². The van der Waals surface area contributed by atoms with Crippen molar-refractivity contribution in [2.24, 2.45) is 0 Å². The molecule has 0 fully saturated rings. The second-order valence-corrected chi connectivity index (χ2v) is 5.83. The molecule has 1 aliphatic rings. The number of nitrogens with one attached hydrogen (secondary N) is 1. The number of hydrogen-bond acceptors (Lipinski definition) is 3. The molecule has 0 saturated carbocycles. The summed E-state index contributed by atoms with van der Waals surface area (Å²) >= 11 is 0. The van der Waals surface area contributed by atoms with Crippen molar-refractivity contribution in [2.75, 3.05) is 11.9 Å². The fourth-order valence-electron chi connectivity index (χ4n) is 2.13. The van der Waals surface area contributed by atoms with Gasteiger partial charge in [0.2, 0.25) is 0 Å². The normalized spacial score (nSPS) is 14.8. The highest BCUT2D eigenvalue weighted by Crippen LogP contribution is 2.32. The number of ether oxygens (including phenoxy) is 1. The van der Waals surface area contributed by atoms with E-state index in [1.54, 1.807) is 0 Å². The quantitative estimate of drug-likeness (QED) is 0.788. The zero-order chi connectivity index (χ0) is 13.6. The highest BCUT2D eigenvalue weighted by atomic mass is 16.5. The van der Waals surface area contributed by atoms with Crippen LogP contribution in [-0.4, -0.2) is 17.5 Å². The molecule has 1 amide bonds. The molecule has 4 nitrogen and oxygen atoms in total. The Bertz CT molecular complexity index is 672. The predicted octanol–water partition coefficient (Wildman–Crippen LogP) is 2.86. The van der Waals surface area contributed by atoms with E-state index < -0.39 is 0 Å². The molecule has 2 heterocycles. The van der Waals surface area contributed by atoms with E-state index in [-0.39, 0.29) is 17.9 Å². The Morgan fingerprint density at radius 3 is 2.79 bits per heavy atom. The maximum atomic E-state index is 11.3. The van der Waals surface area contributed by atoms with Crippen LogP contribution in [0.15, 0.2) is 24.3 Å². The van der Waals surface area contributed by atoms with Gasteiger partial charge in [0.1, 0.15) is 0 Å². The Labute approximate surface area is 111 Å². The molecular formula is C15H16N2O2. The standard InChI is InChI=1S/C15H16N2O2/c1-15(2,3)10-5-4-9-6-12-14(16-11(9)7-10)17-13(18)8-19-12/h4-7H,8H2,1-3H3,(H,16,17,18). The van der Waals surface area contributed by atoms with Crippen molar-refractivity contribution in [1.82, 2.24) is 4.98 Å². The minimum atomic E-state index is -0.161. The molecule has 0 unspecified atom stereocenters. The summed E-state index contributed by atoms with van der Waals surface area (Å²) in [7, 11) is 0. The van der Waals surface area contributed by atoms with Gasteiger partial charge in [-0.15, -0.1) is 0 Å². The zero-order valence-electron chi connectivity index (χ0n) is 11.3. The molecule has 2 aromatic rings. The molecule has 3 rings (SSSR count). The lowest BCUT2D eigenvalue weighted by atomic mass is 9.86. The number of carbonyl (C=O) groups is 1. The number of hydrogen-bond donors (Lipinski definition) is 1. The average Bonchev–Trinajstić information content (AvgIpc) is 2.34. The number of amides is 1. The van der Waals surface area contributed by atoms with Crippen molar-refractivity contribution in [1.29, 1.82) is 0 Å². The molecule has 0 atom stereocenters. The van der Waals surface area contributed by atoms with E-state index in [1.807, 2.05) is 12.1 Å². The largest absolute Gasteiger partial charge is 0.480 e. The van der Waals surface area contributed by atoms with E-state index in [2.05, 4.69) is 43.2 Å². The van der Waals surface area contributed by atoms with Crippen LogP contribution < -0.4 is 10.1 Å². The van der Waals surface area contributed by atoms with Crippen molar-refractivity contribution in [2.45, 2.75) is 26.2 Å². The molecule has 4 heteroatoms. The van der Waals surface area contributed by atoms with Gasteiger partial charge in [-0.05, 0) is 23.1 Å². The number of rotatable bonds is 0. The van der Waals surface area contributed by atoms with Gasteiger partial charge in [-0.3, -0.25) is 4.79 Å². The first-order valence-corrected chi connectivity index (χ1v) is 6.31. The Hall–Kier alpha value is -2.10. The van der Waals surface area contributed by atoms with Crippen LogP contribution in [0, 0.1) is 0 Å². The molecule has 1 N–H and O–H groups in total. The fraction of sp³-hybridized carbons (Fsp3) is 0.333. The predicted molar refractivity (Wildman–Crippen MR) is 74.6 cm³/mol. The number of pyridine rings is 1. The summed E-state index contributed by atoms with van der Waals surface area (Å²) in [4.78, 5) is 15.8. The van der Waals surface area contributed by atoms with E-state index in [9.17, 15) is 4.79 Å². The minimum Gasteiger partial charge on any atom is -0.480 e. The zero-order valence-corrected chi connectivity index (χ0v) is 11.3. The smallest absolute Gasteiger partial charge is 0.263 e. The summed E-state index contributed by atoms with van der Waals surface area (Å²) in [5.74, 6) is 0.983. The SMILES string of the molecule is CC(C)(C)c1ccc2cc3c(nc2c1)NC(=O)CO3. The number of carbonyl (C=O) groups excluding carboxylic acids is 1. The summed E-state index contributed by atoms with van der Waals surface area (Å²) < 4.78 is 5.37. The second kappa shape index (κ2) is 3.95. The lowest BCUT2D eigenvalue weighted by molar-refractivity contribution is -0.118. The lowest BCUT2D eigenvalue weighted by Crippen LogP contribution is -2.26. The molecule has 19 heavy (non-hydrogen) atoms. The van der Waals surface area contributed by atoms with E-state index in [0.717, 1.165) is 10.9 Å². The van der Waals surface area contributed by atoms with Crippen LogP contribution in [0.4, 0.5) is 5.82 Å². The van der Waals surface area contributed by atoms with Gasteiger partial charge in [0.25, 0.3) is 5.91 Å². The van der Waals surface area contributed by atoms with Gasteiger partial charge in [0.15, 0.2) is 18.2 Å². The Morgan fingerprint density at radius 1 is 1.26 bits per heavy atom.